The Morgan fingerprint density at radius 1 is 1.29 bits per heavy atom. The number of esters is 1. The van der Waals surface area contributed by atoms with Gasteiger partial charge in [0, 0.05) is 6.61 Å². The largest absolute Gasteiger partial charge is 0.537 e. The lowest BCUT2D eigenvalue weighted by Crippen LogP contribution is -2.06. The van der Waals surface area contributed by atoms with Gasteiger partial charge in [0.15, 0.2) is 0 Å². The van der Waals surface area contributed by atoms with Crippen LogP contribution in [0.3, 0.4) is 0 Å². The van der Waals surface area contributed by atoms with Crippen LogP contribution < -0.4 is 0 Å². The summed E-state index contributed by atoms with van der Waals surface area (Å²) in [7, 11) is -1.81. The predicted octanol–water partition coefficient (Wildman–Crippen LogP) is 1.69. The Hall–Kier alpha value is -0.510. The highest BCUT2D eigenvalue weighted by atomic mass is 31.1. The normalized spacial score (nSPS) is 11.1. The fourth-order valence-corrected chi connectivity index (χ4v) is 1.37. The van der Waals surface area contributed by atoms with E-state index in [0.29, 0.717) is 13.2 Å². The van der Waals surface area contributed by atoms with Gasteiger partial charge >= 0.3 is 14.0 Å². The first kappa shape index (κ1) is 13.5. The molecule has 0 radical (unpaired) electrons. The van der Waals surface area contributed by atoms with Crippen LogP contribution in [-0.2, 0) is 23.4 Å². The lowest BCUT2D eigenvalue weighted by molar-refractivity contribution is -0.143. The smallest absolute Gasteiger partial charge is 0.466 e. The predicted molar refractivity (Wildman–Crippen MR) is 51.3 cm³/mol. The van der Waals surface area contributed by atoms with Crippen molar-refractivity contribution >= 4 is 14.0 Å². The molecule has 0 spiro atoms. The molecule has 5 nitrogen and oxygen atoms in total. The minimum atomic E-state index is -1.81. The quantitative estimate of drug-likeness (QED) is 0.463. The Morgan fingerprint density at radius 3 is 2.57 bits per heavy atom. The molecule has 0 amide bonds. The van der Waals surface area contributed by atoms with E-state index in [2.05, 4.69) is 4.74 Å². The van der Waals surface area contributed by atoms with E-state index in [1.807, 2.05) is 6.92 Å². The summed E-state index contributed by atoms with van der Waals surface area (Å²) in [5, 5.41) is 0. The average molecular weight is 223 g/mol. The van der Waals surface area contributed by atoms with Crippen LogP contribution in [0.2, 0.25) is 0 Å². The van der Waals surface area contributed by atoms with Gasteiger partial charge in [0.1, 0.15) is 6.61 Å². The van der Waals surface area contributed by atoms with Gasteiger partial charge < -0.3 is 9.47 Å². The minimum absolute atomic E-state index is 0.0780. The fourth-order valence-electron chi connectivity index (χ4n) is 0.667. The second-order valence-corrected chi connectivity index (χ2v) is 3.52. The molecular weight excluding hydrogens is 207 g/mol. The SMILES string of the molecule is CCOC[P+](=O)OCCC(=O)OCC. The molecule has 0 saturated heterocycles. The zero-order valence-electron chi connectivity index (χ0n) is 8.52. The van der Waals surface area contributed by atoms with Crippen molar-refractivity contribution in [1.29, 1.82) is 0 Å². The summed E-state index contributed by atoms with van der Waals surface area (Å²) in [6, 6.07) is 0. The van der Waals surface area contributed by atoms with Crippen LogP contribution in [0.1, 0.15) is 20.3 Å². The Balaban J connectivity index is 3.34. The number of carbonyl (C=O) groups excluding carboxylic acids is 1. The van der Waals surface area contributed by atoms with Gasteiger partial charge in [-0.25, -0.2) is 0 Å². The second kappa shape index (κ2) is 9.06. The number of hydrogen-bond donors (Lipinski definition) is 0. The lowest BCUT2D eigenvalue weighted by atomic mass is 10.5. The van der Waals surface area contributed by atoms with Crippen molar-refractivity contribution in [3.63, 3.8) is 0 Å². The van der Waals surface area contributed by atoms with Crippen LogP contribution in [0.5, 0.6) is 0 Å². The van der Waals surface area contributed by atoms with Crippen molar-refractivity contribution in [2.45, 2.75) is 20.3 Å². The van der Waals surface area contributed by atoms with Gasteiger partial charge in [-0.2, -0.15) is 0 Å². The molecule has 82 valence electrons. The van der Waals surface area contributed by atoms with Crippen molar-refractivity contribution in [3.05, 3.63) is 0 Å². The molecule has 0 aliphatic rings. The number of carbonyl (C=O) groups is 1. The molecule has 0 aliphatic heterocycles. The summed E-state index contributed by atoms with van der Waals surface area (Å²) >= 11 is 0. The van der Waals surface area contributed by atoms with E-state index in [4.69, 9.17) is 9.26 Å². The maximum absolute atomic E-state index is 11.0. The molecule has 0 aromatic heterocycles. The molecule has 0 aliphatic carbocycles. The molecule has 1 unspecified atom stereocenters. The zero-order chi connectivity index (χ0) is 10.8. The van der Waals surface area contributed by atoms with Gasteiger partial charge in [0.2, 0.25) is 0 Å². The highest BCUT2D eigenvalue weighted by Gasteiger charge is 2.17. The van der Waals surface area contributed by atoms with Gasteiger partial charge in [-0.15, -0.1) is 4.52 Å². The van der Waals surface area contributed by atoms with Gasteiger partial charge in [-0.1, -0.05) is 0 Å². The molecule has 0 aromatic rings. The number of hydrogen-bond acceptors (Lipinski definition) is 5. The highest BCUT2D eigenvalue weighted by molar-refractivity contribution is 7.38. The van der Waals surface area contributed by atoms with E-state index in [0.717, 1.165) is 0 Å². The summed E-state index contributed by atoms with van der Waals surface area (Å²) in [5.41, 5.74) is 0. The first-order valence-electron chi connectivity index (χ1n) is 4.51. The molecule has 0 saturated carbocycles. The molecule has 0 bridgehead atoms. The van der Waals surface area contributed by atoms with Crippen molar-refractivity contribution in [2.75, 3.05) is 26.2 Å². The van der Waals surface area contributed by atoms with Crippen LogP contribution in [0.4, 0.5) is 0 Å². The summed E-state index contributed by atoms with van der Waals surface area (Å²) in [6.45, 7) is 4.50. The molecule has 0 N–H and O–H groups in total. The van der Waals surface area contributed by atoms with Crippen molar-refractivity contribution in [1.82, 2.24) is 0 Å². The topological polar surface area (TPSA) is 61.8 Å². The Bertz CT molecular complexity index is 183. The van der Waals surface area contributed by atoms with Gasteiger partial charge in [0.25, 0.3) is 6.35 Å². The van der Waals surface area contributed by atoms with Gasteiger partial charge in [-0.3, -0.25) is 4.79 Å². The molecule has 0 fully saturated rings. The lowest BCUT2D eigenvalue weighted by Gasteiger charge is -1.97. The van der Waals surface area contributed by atoms with Gasteiger partial charge in [-0.05, 0) is 18.4 Å². The maximum Gasteiger partial charge on any atom is 0.537 e. The second-order valence-electron chi connectivity index (χ2n) is 2.34. The van der Waals surface area contributed by atoms with Crippen molar-refractivity contribution in [3.8, 4) is 0 Å². The average Bonchev–Trinajstić information content (AvgIpc) is 2.15. The van der Waals surface area contributed by atoms with E-state index in [9.17, 15) is 9.36 Å². The molecule has 0 heterocycles. The summed E-state index contributed by atoms with van der Waals surface area (Å²) in [5.74, 6) is -0.340. The zero-order valence-corrected chi connectivity index (χ0v) is 9.42. The summed E-state index contributed by atoms with van der Waals surface area (Å²) < 4.78 is 25.4. The Morgan fingerprint density at radius 2 is 2.00 bits per heavy atom. The Kier molecular flexibility index (Phi) is 8.73. The monoisotopic (exact) mass is 223 g/mol. The van der Waals surface area contributed by atoms with E-state index in [1.165, 1.54) is 0 Å². The third-order valence-electron chi connectivity index (χ3n) is 1.25. The minimum Gasteiger partial charge on any atom is -0.466 e. The van der Waals surface area contributed by atoms with Gasteiger partial charge in [0.05, 0.1) is 13.0 Å². The first-order valence-corrected chi connectivity index (χ1v) is 5.87. The van der Waals surface area contributed by atoms with E-state index < -0.39 is 8.03 Å². The van der Waals surface area contributed by atoms with Crippen molar-refractivity contribution < 1.29 is 23.4 Å². The van der Waals surface area contributed by atoms with E-state index in [1.54, 1.807) is 6.92 Å². The molecule has 1 atom stereocenters. The van der Waals surface area contributed by atoms with E-state index >= 15 is 0 Å². The van der Waals surface area contributed by atoms with Crippen LogP contribution in [0.15, 0.2) is 0 Å². The third-order valence-corrected chi connectivity index (χ3v) is 2.11. The van der Waals surface area contributed by atoms with Crippen LogP contribution in [-0.4, -0.2) is 32.1 Å². The third kappa shape index (κ3) is 8.10. The summed E-state index contributed by atoms with van der Waals surface area (Å²) in [6.07, 6.45) is 0.204. The molecule has 14 heavy (non-hydrogen) atoms. The molecule has 0 rings (SSSR count). The summed E-state index contributed by atoms with van der Waals surface area (Å²) in [4.78, 5) is 10.8. The fraction of sp³-hybridized carbons (Fsp3) is 0.875. The van der Waals surface area contributed by atoms with E-state index in [-0.39, 0.29) is 25.3 Å². The molecule has 0 aromatic carbocycles. The molecule has 6 heteroatoms. The van der Waals surface area contributed by atoms with Crippen LogP contribution >= 0.6 is 8.03 Å². The molecular formula is C8H16O5P+. The Labute approximate surface area is 84.6 Å². The maximum atomic E-state index is 11.0. The first-order chi connectivity index (χ1) is 6.70. The van der Waals surface area contributed by atoms with Crippen LogP contribution in [0.25, 0.3) is 0 Å². The number of ether oxygens (including phenoxy) is 2. The number of rotatable bonds is 8. The standard InChI is InChI=1S/C8H16O5P/c1-3-11-7-14(10)13-6-5-8(9)12-4-2/h3-7H2,1-2H3/q+1. The van der Waals surface area contributed by atoms with Crippen LogP contribution in [0, 0.1) is 0 Å². The highest BCUT2D eigenvalue weighted by Crippen LogP contribution is 2.21. The van der Waals surface area contributed by atoms with Crippen molar-refractivity contribution in [2.24, 2.45) is 0 Å².